The molecule has 2 aromatic rings. The highest BCUT2D eigenvalue weighted by Gasteiger charge is 2.02. The van der Waals surface area contributed by atoms with Crippen LogP contribution in [0.1, 0.15) is 22.4 Å². The summed E-state index contributed by atoms with van der Waals surface area (Å²) in [6.07, 6.45) is 2.82. The van der Waals surface area contributed by atoms with Gasteiger partial charge in [-0.05, 0) is 40.4 Å². The van der Waals surface area contributed by atoms with Gasteiger partial charge in [0.05, 0.1) is 0 Å². The minimum Gasteiger partial charge on any atom is -0.326 e. The molecule has 0 aliphatic heterocycles. The van der Waals surface area contributed by atoms with E-state index in [2.05, 4.69) is 34.1 Å². The second kappa shape index (κ2) is 6.64. The molecular formula is C14H19N3S. The van der Waals surface area contributed by atoms with Gasteiger partial charge in [0.25, 0.3) is 0 Å². The van der Waals surface area contributed by atoms with Crippen molar-refractivity contribution < 1.29 is 0 Å². The lowest BCUT2D eigenvalue weighted by atomic mass is 10.1. The minimum absolute atomic E-state index is 0.625. The molecule has 3 N–H and O–H groups in total. The third-order valence-electron chi connectivity index (χ3n) is 3.02. The fourth-order valence-corrected chi connectivity index (χ4v) is 2.77. The molecule has 0 atom stereocenters. The largest absolute Gasteiger partial charge is 0.326 e. The van der Waals surface area contributed by atoms with Crippen LogP contribution in [-0.4, -0.2) is 11.5 Å². The van der Waals surface area contributed by atoms with Gasteiger partial charge in [0.1, 0.15) is 0 Å². The standard InChI is InChI=1S/C14H19N3S/c1-11-3-2-5-17-14(11)4-6-16-8-13-10-18-9-12(13)7-15/h2-3,5,9-10,16H,4,6-8,15H2,1H3. The number of pyridine rings is 1. The number of rotatable bonds is 6. The van der Waals surface area contributed by atoms with Crippen molar-refractivity contribution in [2.75, 3.05) is 6.54 Å². The third kappa shape index (κ3) is 3.38. The quantitative estimate of drug-likeness (QED) is 0.784. The lowest BCUT2D eigenvalue weighted by molar-refractivity contribution is 0.675. The van der Waals surface area contributed by atoms with E-state index in [1.165, 1.54) is 22.4 Å². The van der Waals surface area contributed by atoms with E-state index in [9.17, 15) is 0 Å². The van der Waals surface area contributed by atoms with Gasteiger partial charge in [0.2, 0.25) is 0 Å². The summed E-state index contributed by atoms with van der Waals surface area (Å²) < 4.78 is 0. The van der Waals surface area contributed by atoms with Gasteiger partial charge in [-0.25, -0.2) is 0 Å². The van der Waals surface area contributed by atoms with Gasteiger partial charge in [-0.2, -0.15) is 11.3 Å². The molecule has 0 aliphatic carbocycles. The fraction of sp³-hybridized carbons (Fsp3) is 0.357. The van der Waals surface area contributed by atoms with Gasteiger partial charge >= 0.3 is 0 Å². The maximum atomic E-state index is 5.68. The summed E-state index contributed by atoms with van der Waals surface area (Å²) in [6, 6.07) is 4.08. The summed E-state index contributed by atoms with van der Waals surface area (Å²) in [7, 11) is 0. The van der Waals surface area contributed by atoms with Crippen LogP contribution in [0.15, 0.2) is 29.1 Å². The van der Waals surface area contributed by atoms with E-state index < -0.39 is 0 Å². The summed E-state index contributed by atoms with van der Waals surface area (Å²) in [6.45, 7) is 4.56. The summed E-state index contributed by atoms with van der Waals surface area (Å²) in [5, 5.41) is 7.74. The van der Waals surface area contributed by atoms with E-state index in [-0.39, 0.29) is 0 Å². The number of hydrogen-bond acceptors (Lipinski definition) is 4. The minimum atomic E-state index is 0.625. The number of thiophene rings is 1. The maximum Gasteiger partial charge on any atom is 0.0445 e. The van der Waals surface area contributed by atoms with Crippen molar-refractivity contribution in [2.24, 2.45) is 5.73 Å². The highest BCUT2D eigenvalue weighted by atomic mass is 32.1. The number of nitrogens with zero attached hydrogens (tertiary/aromatic N) is 1. The van der Waals surface area contributed by atoms with Crippen LogP contribution in [0.5, 0.6) is 0 Å². The summed E-state index contributed by atoms with van der Waals surface area (Å²) in [4.78, 5) is 4.39. The van der Waals surface area contributed by atoms with E-state index in [0.29, 0.717) is 6.54 Å². The number of nitrogens with one attached hydrogen (secondary N) is 1. The van der Waals surface area contributed by atoms with Gasteiger partial charge in [0.15, 0.2) is 0 Å². The molecule has 0 fully saturated rings. The van der Waals surface area contributed by atoms with Crippen molar-refractivity contribution in [3.05, 3.63) is 51.5 Å². The first-order valence-electron chi connectivity index (χ1n) is 6.16. The SMILES string of the molecule is Cc1cccnc1CCNCc1cscc1CN. The Hall–Kier alpha value is -1.23. The van der Waals surface area contributed by atoms with Crippen LogP contribution in [0.3, 0.4) is 0 Å². The first kappa shape index (κ1) is 13.2. The highest BCUT2D eigenvalue weighted by Crippen LogP contribution is 2.14. The van der Waals surface area contributed by atoms with E-state index in [4.69, 9.17) is 5.73 Å². The summed E-state index contributed by atoms with van der Waals surface area (Å²) in [5.74, 6) is 0. The van der Waals surface area contributed by atoms with Crippen LogP contribution < -0.4 is 11.1 Å². The first-order chi connectivity index (χ1) is 8.81. The van der Waals surface area contributed by atoms with Crippen molar-refractivity contribution in [1.82, 2.24) is 10.3 Å². The van der Waals surface area contributed by atoms with Crippen LogP contribution in [0.25, 0.3) is 0 Å². The maximum absolute atomic E-state index is 5.68. The molecule has 0 radical (unpaired) electrons. The second-order valence-electron chi connectivity index (χ2n) is 4.32. The van der Waals surface area contributed by atoms with Crippen LogP contribution in [0.4, 0.5) is 0 Å². The predicted molar refractivity (Wildman–Crippen MR) is 76.6 cm³/mol. The van der Waals surface area contributed by atoms with Crippen molar-refractivity contribution >= 4 is 11.3 Å². The van der Waals surface area contributed by atoms with Crippen molar-refractivity contribution in [2.45, 2.75) is 26.4 Å². The van der Waals surface area contributed by atoms with Gasteiger partial charge in [-0.15, -0.1) is 0 Å². The van der Waals surface area contributed by atoms with Gasteiger partial charge in [-0.3, -0.25) is 4.98 Å². The van der Waals surface area contributed by atoms with Crippen LogP contribution in [0, 0.1) is 6.92 Å². The molecule has 0 unspecified atom stereocenters. The zero-order valence-electron chi connectivity index (χ0n) is 10.6. The van der Waals surface area contributed by atoms with Crippen LogP contribution in [-0.2, 0) is 19.5 Å². The smallest absolute Gasteiger partial charge is 0.0445 e. The summed E-state index contributed by atoms with van der Waals surface area (Å²) >= 11 is 1.72. The molecule has 96 valence electrons. The van der Waals surface area contributed by atoms with Gasteiger partial charge in [-0.1, -0.05) is 6.07 Å². The molecule has 0 spiro atoms. The Labute approximate surface area is 112 Å². The molecule has 2 heterocycles. The van der Waals surface area contributed by atoms with Crippen molar-refractivity contribution in [3.63, 3.8) is 0 Å². The predicted octanol–water partition coefficient (Wildman–Crippen LogP) is 2.24. The zero-order chi connectivity index (χ0) is 12.8. The van der Waals surface area contributed by atoms with Crippen molar-refractivity contribution in [3.8, 4) is 0 Å². The molecule has 2 aromatic heterocycles. The molecule has 4 heteroatoms. The Morgan fingerprint density at radius 3 is 2.94 bits per heavy atom. The zero-order valence-corrected chi connectivity index (χ0v) is 11.5. The Bertz CT molecular complexity index is 493. The Balaban J connectivity index is 1.78. The first-order valence-corrected chi connectivity index (χ1v) is 7.10. The van der Waals surface area contributed by atoms with Crippen LogP contribution >= 0.6 is 11.3 Å². The molecule has 0 saturated carbocycles. The Morgan fingerprint density at radius 2 is 2.17 bits per heavy atom. The molecule has 0 aromatic carbocycles. The third-order valence-corrected chi connectivity index (χ3v) is 3.87. The Kier molecular flexibility index (Phi) is 4.87. The molecular weight excluding hydrogens is 242 g/mol. The second-order valence-corrected chi connectivity index (χ2v) is 5.06. The summed E-state index contributed by atoms with van der Waals surface area (Å²) in [5.41, 5.74) is 10.7. The van der Waals surface area contributed by atoms with E-state index in [1.54, 1.807) is 11.3 Å². The lowest BCUT2D eigenvalue weighted by Gasteiger charge is -2.06. The molecule has 18 heavy (non-hydrogen) atoms. The molecule has 0 saturated heterocycles. The average Bonchev–Trinajstić information content (AvgIpc) is 2.84. The molecule has 2 rings (SSSR count). The Morgan fingerprint density at radius 1 is 1.33 bits per heavy atom. The number of hydrogen-bond donors (Lipinski definition) is 2. The lowest BCUT2D eigenvalue weighted by Crippen LogP contribution is -2.18. The van der Waals surface area contributed by atoms with E-state index >= 15 is 0 Å². The molecule has 0 bridgehead atoms. The van der Waals surface area contributed by atoms with Gasteiger partial charge in [0, 0.05) is 37.9 Å². The molecule has 0 aliphatic rings. The van der Waals surface area contributed by atoms with Crippen molar-refractivity contribution in [1.29, 1.82) is 0 Å². The fourth-order valence-electron chi connectivity index (χ4n) is 1.89. The van der Waals surface area contributed by atoms with Gasteiger partial charge < -0.3 is 11.1 Å². The van der Waals surface area contributed by atoms with E-state index in [1.807, 2.05) is 12.3 Å². The van der Waals surface area contributed by atoms with Crippen LogP contribution in [0.2, 0.25) is 0 Å². The number of aryl methyl sites for hydroxylation is 1. The van der Waals surface area contributed by atoms with E-state index in [0.717, 1.165) is 19.5 Å². The number of aromatic nitrogens is 1. The highest BCUT2D eigenvalue weighted by molar-refractivity contribution is 7.08. The topological polar surface area (TPSA) is 50.9 Å². The normalized spacial score (nSPS) is 10.8. The molecule has 3 nitrogen and oxygen atoms in total. The average molecular weight is 261 g/mol. The monoisotopic (exact) mass is 261 g/mol. The molecule has 0 amide bonds. The number of nitrogens with two attached hydrogens (primary N) is 1.